The normalized spacial score (nSPS) is 13.4. The molecule has 0 saturated carbocycles. The molecule has 0 aliphatic rings. The molecule has 0 amide bonds. The van der Waals surface area contributed by atoms with Crippen molar-refractivity contribution in [1.29, 1.82) is 0 Å². The summed E-state index contributed by atoms with van der Waals surface area (Å²) in [5.74, 6) is 1.00. The summed E-state index contributed by atoms with van der Waals surface area (Å²) in [5.41, 5.74) is 1.30. The Balaban J connectivity index is 2.31. The number of benzene rings is 1. The molecule has 0 fully saturated rings. The second kappa shape index (κ2) is 6.07. The second-order valence-corrected chi connectivity index (χ2v) is 5.49. The van der Waals surface area contributed by atoms with Crippen molar-refractivity contribution >= 4 is 0 Å². The van der Waals surface area contributed by atoms with E-state index in [9.17, 15) is 0 Å². The molecule has 19 heavy (non-hydrogen) atoms. The van der Waals surface area contributed by atoms with Crippen molar-refractivity contribution in [3.05, 3.63) is 60.1 Å². The summed E-state index contributed by atoms with van der Waals surface area (Å²) in [5, 5.41) is 3.62. The Morgan fingerprint density at radius 1 is 1.11 bits per heavy atom. The van der Waals surface area contributed by atoms with Gasteiger partial charge < -0.3 is 9.73 Å². The van der Waals surface area contributed by atoms with Gasteiger partial charge in [0.05, 0.1) is 12.3 Å². The third-order valence-corrected chi connectivity index (χ3v) is 3.67. The van der Waals surface area contributed by atoms with Crippen LogP contribution in [0.2, 0.25) is 0 Å². The summed E-state index contributed by atoms with van der Waals surface area (Å²) < 4.78 is 5.64. The van der Waals surface area contributed by atoms with Gasteiger partial charge >= 0.3 is 0 Å². The van der Waals surface area contributed by atoms with E-state index in [4.69, 9.17) is 4.42 Å². The summed E-state index contributed by atoms with van der Waals surface area (Å²) in [4.78, 5) is 0. The quantitative estimate of drug-likeness (QED) is 0.834. The van der Waals surface area contributed by atoms with Gasteiger partial charge in [0.2, 0.25) is 0 Å². The summed E-state index contributed by atoms with van der Waals surface area (Å²) in [6, 6.07) is 14.8. The molecule has 2 aromatic rings. The van der Waals surface area contributed by atoms with Crippen LogP contribution < -0.4 is 5.32 Å². The highest BCUT2D eigenvalue weighted by atomic mass is 16.3. The van der Waals surface area contributed by atoms with E-state index in [1.807, 2.05) is 6.07 Å². The van der Waals surface area contributed by atoms with E-state index in [0.717, 1.165) is 18.7 Å². The molecule has 0 saturated heterocycles. The molecule has 2 rings (SSSR count). The number of hydrogen-bond donors (Lipinski definition) is 1. The van der Waals surface area contributed by atoms with Gasteiger partial charge in [-0.05, 0) is 30.7 Å². The maximum atomic E-state index is 5.64. The molecule has 2 nitrogen and oxygen atoms in total. The van der Waals surface area contributed by atoms with Gasteiger partial charge in [0.15, 0.2) is 0 Å². The fourth-order valence-electron chi connectivity index (χ4n) is 2.49. The molecular weight excluding hydrogens is 234 g/mol. The highest BCUT2D eigenvalue weighted by molar-refractivity contribution is 5.28. The average molecular weight is 257 g/mol. The minimum Gasteiger partial charge on any atom is -0.468 e. The smallest absolute Gasteiger partial charge is 0.121 e. The number of furan rings is 1. The molecule has 0 spiro atoms. The average Bonchev–Trinajstić information content (AvgIpc) is 2.94. The van der Waals surface area contributed by atoms with Crippen molar-refractivity contribution in [3.63, 3.8) is 0 Å². The molecule has 1 unspecified atom stereocenters. The van der Waals surface area contributed by atoms with Crippen LogP contribution in [0.15, 0.2) is 53.1 Å². The SMILES string of the molecule is CCCNC(c1ccco1)C(C)(C)c1ccccc1. The molecule has 0 bridgehead atoms. The third-order valence-electron chi connectivity index (χ3n) is 3.67. The van der Waals surface area contributed by atoms with Gasteiger partial charge in [-0.15, -0.1) is 0 Å². The zero-order chi connectivity index (χ0) is 13.7. The Morgan fingerprint density at radius 2 is 1.84 bits per heavy atom. The monoisotopic (exact) mass is 257 g/mol. The van der Waals surface area contributed by atoms with Gasteiger partial charge in [-0.1, -0.05) is 51.1 Å². The van der Waals surface area contributed by atoms with Crippen molar-refractivity contribution in [2.24, 2.45) is 0 Å². The standard InChI is InChI=1S/C17H23NO/c1-4-12-18-16(15-11-8-13-19-15)17(2,3)14-9-6-5-7-10-14/h5-11,13,16,18H,4,12H2,1-3H3. The van der Waals surface area contributed by atoms with E-state index in [0.29, 0.717) is 0 Å². The van der Waals surface area contributed by atoms with Gasteiger partial charge in [0.25, 0.3) is 0 Å². The van der Waals surface area contributed by atoms with Crippen molar-refractivity contribution < 1.29 is 4.42 Å². The number of nitrogens with one attached hydrogen (secondary N) is 1. The minimum absolute atomic E-state index is 0.0196. The lowest BCUT2D eigenvalue weighted by Crippen LogP contribution is -2.37. The van der Waals surface area contributed by atoms with Crippen LogP contribution in [0, 0.1) is 0 Å². The molecule has 1 aromatic heterocycles. The van der Waals surface area contributed by atoms with Crippen LogP contribution in [0.25, 0.3) is 0 Å². The summed E-state index contributed by atoms with van der Waals surface area (Å²) in [7, 11) is 0. The van der Waals surface area contributed by atoms with Crippen LogP contribution in [0.1, 0.15) is 44.6 Å². The summed E-state index contributed by atoms with van der Waals surface area (Å²) in [6.07, 6.45) is 2.86. The van der Waals surface area contributed by atoms with Crippen LogP contribution >= 0.6 is 0 Å². The molecule has 0 radical (unpaired) electrons. The molecule has 102 valence electrons. The first kappa shape index (κ1) is 13.9. The molecule has 1 N–H and O–H groups in total. The van der Waals surface area contributed by atoms with Gasteiger partial charge in [-0.2, -0.15) is 0 Å². The fraction of sp³-hybridized carbons (Fsp3) is 0.412. The predicted molar refractivity (Wildman–Crippen MR) is 79.2 cm³/mol. The zero-order valence-corrected chi connectivity index (χ0v) is 12.0. The molecule has 0 aliphatic heterocycles. The Bertz CT molecular complexity index is 473. The minimum atomic E-state index is -0.0196. The van der Waals surface area contributed by atoms with Crippen LogP contribution in [0.5, 0.6) is 0 Å². The highest BCUT2D eigenvalue weighted by Gasteiger charge is 2.33. The van der Waals surface area contributed by atoms with Crippen molar-refractivity contribution in [3.8, 4) is 0 Å². The van der Waals surface area contributed by atoms with E-state index in [1.54, 1.807) is 6.26 Å². The van der Waals surface area contributed by atoms with Crippen LogP contribution in [0.3, 0.4) is 0 Å². The van der Waals surface area contributed by atoms with E-state index in [-0.39, 0.29) is 11.5 Å². The Labute approximate surface area is 115 Å². The van der Waals surface area contributed by atoms with Crippen molar-refractivity contribution in [1.82, 2.24) is 5.32 Å². The van der Waals surface area contributed by atoms with Crippen molar-refractivity contribution in [2.45, 2.75) is 38.6 Å². The van der Waals surface area contributed by atoms with E-state index in [1.165, 1.54) is 5.56 Å². The fourth-order valence-corrected chi connectivity index (χ4v) is 2.49. The highest BCUT2D eigenvalue weighted by Crippen LogP contribution is 2.36. The topological polar surface area (TPSA) is 25.2 Å². The van der Waals surface area contributed by atoms with Crippen LogP contribution in [-0.4, -0.2) is 6.54 Å². The molecule has 0 aliphatic carbocycles. The number of rotatable bonds is 6. The zero-order valence-electron chi connectivity index (χ0n) is 12.0. The molecular formula is C17H23NO. The van der Waals surface area contributed by atoms with E-state index >= 15 is 0 Å². The molecule has 2 heteroatoms. The van der Waals surface area contributed by atoms with Crippen LogP contribution in [0.4, 0.5) is 0 Å². The lowest BCUT2D eigenvalue weighted by molar-refractivity contribution is 0.297. The third kappa shape index (κ3) is 3.07. The largest absolute Gasteiger partial charge is 0.468 e. The second-order valence-electron chi connectivity index (χ2n) is 5.49. The van der Waals surface area contributed by atoms with Gasteiger partial charge in [0, 0.05) is 5.41 Å². The van der Waals surface area contributed by atoms with E-state index < -0.39 is 0 Å². The predicted octanol–water partition coefficient (Wildman–Crippen LogP) is 4.30. The maximum absolute atomic E-state index is 5.64. The Kier molecular flexibility index (Phi) is 4.43. The first-order chi connectivity index (χ1) is 9.16. The molecule has 1 aromatic carbocycles. The van der Waals surface area contributed by atoms with Gasteiger partial charge in [0.1, 0.15) is 5.76 Å². The Morgan fingerprint density at radius 3 is 2.42 bits per heavy atom. The van der Waals surface area contributed by atoms with Crippen molar-refractivity contribution in [2.75, 3.05) is 6.54 Å². The Hall–Kier alpha value is -1.54. The first-order valence-corrected chi connectivity index (χ1v) is 6.98. The molecule has 1 atom stereocenters. The van der Waals surface area contributed by atoms with Crippen LogP contribution in [-0.2, 0) is 5.41 Å². The first-order valence-electron chi connectivity index (χ1n) is 6.98. The maximum Gasteiger partial charge on any atom is 0.121 e. The van der Waals surface area contributed by atoms with Gasteiger partial charge in [-0.3, -0.25) is 0 Å². The van der Waals surface area contributed by atoms with E-state index in [2.05, 4.69) is 62.5 Å². The molecule has 1 heterocycles. The lowest BCUT2D eigenvalue weighted by Gasteiger charge is -2.34. The number of hydrogen-bond acceptors (Lipinski definition) is 2. The van der Waals surface area contributed by atoms with Gasteiger partial charge in [-0.25, -0.2) is 0 Å². The lowest BCUT2D eigenvalue weighted by atomic mass is 9.76. The summed E-state index contributed by atoms with van der Waals surface area (Å²) in [6.45, 7) is 7.69. The summed E-state index contributed by atoms with van der Waals surface area (Å²) >= 11 is 0.